The topological polar surface area (TPSA) is 46.6 Å². The smallest absolute Gasteiger partial charge is 0.243 e. The Balaban J connectivity index is 1.86. The van der Waals surface area contributed by atoms with Crippen LogP contribution in [0.1, 0.15) is 12.8 Å². The van der Waals surface area contributed by atoms with Crippen molar-refractivity contribution in [2.24, 2.45) is 11.8 Å². The number of sulfonamides is 1. The highest BCUT2D eigenvalue weighted by atomic mass is 35.5. The Morgan fingerprint density at radius 1 is 1.19 bits per heavy atom. The highest BCUT2D eigenvalue weighted by Crippen LogP contribution is 2.36. The average Bonchev–Trinajstić information content (AvgIpc) is 2.92. The molecule has 1 aromatic rings. The van der Waals surface area contributed by atoms with E-state index in [0.717, 1.165) is 12.8 Å². The van der Waals surface area contributed by atoms with E-state index in [0.29, 0.717) is 35.7 Å². The zero-order valence-corrected chi connectivity index (χ0v) is 13.4. The highest BCUT2D eigenvalue weighted by Gasteiger charge is 2.39. The molecule has 0 unspecified atom stereocenters. The van der Waals surface area contributed by atoms with Crippen LogP contribution in [0.3, 0.4) is 0 Å². The first-order valence-electron chi connectivity index (χ1n) is 7.01. The molecular formula is C15H18ClNO3S. The molecule has 1 aliphatic carbocycles. The zero-order chi connectivity index (χ0) is 15.0. The van der Waals surface area contributed by atoms with Gasteiger partial charge in [-0.05, 0) is 42.9 Å². The number of halogens is 1. The predicted octanol–water partition coefficient (Wildman–Crippen LogP) is 2.94. The number of hydrogen-bond donors (Lipinski definition) is 0. The van der Waals surface area contributed by atoms with E-state index in [-0.39, 0.29) is 4.90 Å². The van der Waals surface area contributed by atoms with Gasteiger partial charge in [0, 0.05) is 13.1 Å². The van der Waals surface area contributed by atoms with Gasteiger partial charge in [-0.2, -0.15) is 4.31 Å². The summed E-state index contributed by atoms with van der Waals surface area (Å²) in [6, 6.07) is 4.62. The number of allylic oxidation sites excluding steroid dienone is 2. The van der Waals surface area contributed by atoms with Crippen molar-refractivity contribution in [1.82, 2.24) is 4.31 Å². The molecule has 0 aromatic heterocycles. The third kappa shape index (κ3) is 2.70. The van der Waals surface area contributed by atoms with Gasteiger partial charge in [-0.1, -0.05) is 23.8 Å². The molecule has 21 heavy (non-hydrogen) atoms. The molecule has 0 saturated carbocycles. The van der Waals surface area contributed by atoms with E-state index in [1.807, 2.05) is 0 Å². The molecule has 1 aliphatic heterocycles. The first-order chi connectivity index (χ1) is 10.0. The first-order valence-corrected chi connectivity index (χ1v) is 8.83. The molecule has 0 bridgehead atoms. The maximum Gasteiger partial charge on any atom is 0.243 e. The third-order valence-electron chi connectivity index (χ3n) is 4.35. The van der Waals surface area contributed by atoms with Crippen LogP contribution in [-0.2, 0) is 10.0 Å². The number of ether oxygens (including phenoxy) is 1. The van der Waals surface area contributed by atoms with E-state index in [1.165, 1.54) is 13.2 Å². The molecule has 0 radical (unpaired) electrons. The van der Waals surface area contributed by atoms with E-state index in [1.54, 1.807) is 16.4 Å². The molecule has 6 heteroatoms. The summed E-state index contributed by atoms with van der Waals surface area (Å²) >= 11 is 6.05. The van der Waals surface area contributed by atoms with Gasteiger partial charge < -0.3 is 4.74 Å². The van der Waals surface area contributed by atoms with Crippen molar-refractivity contribution in [3.8, 4) is 5.75 Å². The fraction of sp³-hybridized carbons (Fsp3) is 0.467. The van der Waals surface area contributed by atoms with Gasteiger partial charge in [0.05, 0.1) is 17.0 Å². The van der Waals surface area contributed by atoms with Crippen LogP contribution in [0.5, 0.6) is 5.75 Å². The van der Waals surface area contributed by atoms with Crippen molar-refractivity contribution in [2.75, 3.05) is 20.2 Å². The second kappa shape index (κ2) is 5.63. The lowest BCUT2D eigenvalue weighted by atomic mass is 9.86. The van der Waals surface area contributed by atoms with Crippen molar-refractivity contribution in [2.45, 2.75) is 17.7 Å². The molecule has 2 atom stereocenters. The molecule has 2 aliphatic rings. The summed E-state index contributed by atoms with van der Waals surface area (Å²) in [6.45, 7) is 1.20. The molecule has 0 spiro atoms. The fourth-order valence-corrected chi connectivity index (χ4v) is 5.03. The minimum Gasteiger partial charge on any atom is -0.495 e. The van der Waals surface area contributed by atoms with E-state index in [4.69, 9.17) is 16.3 Å². The van der Waals surface area contributed by atoms with E-state index in [9.17, 15) is 8.42 Å². The van der Waals surface area contributed by atoms with Gasteiger partial charge in [-0.25, -0.2) is 8.42 Å². The SMILES string of the molecule is COc1ccc(S(=O)(=O)N2C[C@H]3CC=CC[C@H]3C2)cc1Cl. The molecule has 4 nitrogen and oxygen atoms in total. The largest absolute Gasteiger partial charge is 0.495 e. The summed E-state index contributed by atoms with van der Waals surface area (Å²) < 4.78 is 32.1. The van der Waals surface area contributed by atoms with Gasteiger partial charge in [0.1, 0.15) is 5.75 Å². The Morgan fingerprint density at radius 2 is 1.81 bits per heavy atom. The lowest BCUT2D eigenvalue weighted by molar-refractivity contribution is 0.411. The van der Waals surface area contributed by atoms with Crippen molar-refractivity contribution >= 4 is 21.6 Å². The number of rotatable bonds is 3. The van der Waals surface area contributed by atoms with Crippen molar-refractivity contribution < 1.29 is 13.2 Å². The van der Waals surface area contributed by atoms with Gasteiger partial charge in [-0.15, -0.1) is 0 Å². The van der Waals surface area contributed by atoms with Gasteiger partial charge >= 0.3 is 0 Å². The molecule has 1 aromatic carbocycles. The summed E-state index contributed by atoms with van der Waals surface area (Å²) in [4.78, 5) is 0.236. The van der Waals surface area contributed by atoms with Gasteiger partial charge in [0.25, 0.3) is 0 Å². The first kappa shape index (κ1) is 14.9. The number of benzene rings is 1. The van der Waals surface area contributed by atoms with Crippen LogP contribution in [0, 0.1) is 11.8 Å². The maximum absolute atomic E-state index is 12.7. The standard InChI is InChI=1S/C15H18ClNO3S/c1-20-15-7-6-13(8-14(15)16)21(18,19)17-9-11-4-2-3-5-12(11)10-17/h2-3,6-8,11-12H,4-5,9-10H2,1H3/t11-,12+. The minimum absolute atomic E-state index is 0.236. The van der Waals surface area contributed by atoms with Crippen molar-refractivity contribution in [1.29, 1.82) is 0 Å². The summed E-state index contributed by atoms with van der Waals surface area (Å²) in [6.07, 6.45) is 6.25. The molecule has 3 rings (SSSR count). The van der Waals surface area contributed by atoms with Crippen LogP contribution in [0.4, 0.5) is 0 Å². The summed E-state index contributed by atoms with van der Waals surface area (Å²) in [5.41, 5.74) is 0. The van der Waals surface area contributed by atoms with E-state index in [2.05, 4.69) is 12.2 Å². The molecule has 0 amide bonds. The second-order valence-corrected chi connectivity index (χ2v) is 7.93. The lowest BCUT2D eigenvalue weighted by Crippen LogP contribution is -2.29. The highest BCUT2D eigenvalue weighted by molar-refractivity contribution is 7.89. The Labute approximate surface area is 130 Å². The quantitative estimate of drug-likeness (QED) is 0.802. The van der Waals surface area contributed by atoms with Crippen LogP contribution in [0.15, 0.2) is 35.2 Å². The maximum atomic E-state index is 12.7. The van der Waals surface area contributed by atoms with Gasteiger partial charge in [0.15, 0.2) is 0 Å². The Hall–Kier alpha value is -1.04. The van der Waals surface area contributed by atoms with Crippen LogP contribution in [0.25, 0.3) is 0 Å². The van der Waals surface area contributed by atoms with Crippen molar-refractivity contribution in [3.63, 3.8) is 0 Å². The number of fused-ring (bicyclic) bond motifs is 1. The number of methoxy groups -OCH3 is 1. The Morgan fingerprint density at radius 3 is 2.33 bits per heavy atom. The van der Waals surface area contributed by atoms with E-state index < -0.39 is 10.0 Å². The summed E-state index contributed by atoms with van der Waals surface area (Å²) in [5, 5.41) is 0.317. The van der Waals surface area contributed by atoms with Crippen LogP contribution >= 0.6 is 11.6 Å². The van der Waals surface area contributed by atoms with Crippen LogP contribution < -0.4 is 4.74 Å². The monoisotopic (exact) mass is 327 g/mol. The minimum atomic E-state index is -3.48. The Kier molecular flexibility index (Phi) is 3.99. The third-order valence-corrected chi connectivity index (χ3v) is 6.47. The van der Waals surface area contributed by atoms with Crippen molar-refractivity contribution in [3.05, 3.63) is 35.4 Å². The Bertz CT molecular complexity index is 655. The molecule has 0 N–H and O–H groups in total. The molecule has 114 valence electrons. The number of hydrogen-bond acceptors (Lipinski definition) is 3. The van der Waals surface area contributed by atoms with Crippen LogP contribution in [0.2, 0.25) is 5.02 Å². The average molecular weight is 328 g/mol. The normalized spacial score (nSPS) is 25.8. The zero-order valence-electron chi connectivity index (χ0n) is 11.8. The van der Waals surface area contributed by atoms with Crippen LogP contribution in [-0.4, -0.2) is 32.9 Å². The molecule has 1 saturated heterocycles. The fourth-order valence-electron chi connectivity index (χ4n) is 3.12. The van der Waals surface area contributed by atoms with Gasteiger partial charge in [-0.3, -0.25) is 0 Å². The second-order valence-electron chi connectivity index (χ2n) is 5.58. The van der Waals surface area contributed by atoms with E-state index >= 15 is 0 Å². The molecule has 1 heterocycles. The molecular weight excluding hydrogens is 310 g/mol. The van der Waals surface area contributed by atoms with Gasteiger partial charge in [0.2, 0.25) is 10.0 Å². The lowest BCUT2D eigenvalue weighted by Gasteiger charge is -2.18. The number of nitrogens with zero attached hydrogens (tertiary/aromatic N) is 1. The predicted molar refractivity (Wildman–Crippen MR) is 82.1 cm³/mol. The summed E-state index contributed by atoms with van der Waals surface area (Å²) in [7, 11) is -1.97. The summed E-state index contributed by atoms with van der Waals surface area (Å²) in [5.74, 6) is 1.37. The molecule has 1 fully saturated rings.